The number of carbonyl (C=O) groups excluding carboxylic acids is 3. The molecule has 2 fully saturated rings. The van der Waals surface area contributed by atoms with E-state index in [0.717, 1.165) is 0 Å². The fraction of sp³-hybridized carbons (Fsp3) is 0.704. The summed E-state index contributed by atoms with van der Waals surface area (Å²) in [5, 5.41) is 20.6. The molecule has 0 aliphatic heterocycles. The Labute approximate surface area is 195 Å². The molecule has 0 radical (unpaired) electrons. The van der Waals surface area contributed by atoms with Gasteiger partial charge in [0.25, 0.3) is 0 Å². The monoisotopic (exact) mass is 456 g/mol. The molecule has 6 atom stereocenters. The van der Waals surface area contributed by atoms with E-state index in [9.17, 15) is 24.3 Å². The van der Waals surface area contributed by atoms with Gasteiger partial charge >= 0.3 is 5.97 Å². The van der Waals surface area contributed by atoms with Crippen LogP contribution in [0.3, 0.4) is 0 Å². The summed E-state index contributed by atoms with van der Waals surface area (Å²) in [6.07, 6.45) is 0.878. The molecule has 0 bridgehead atoms. The van der Waals surface area contributed by atoms with Crippen molar-refractivity contribution in [1.82, 2.24) is 0 Å². The number of aliphatic carboxylic acids is 1. The zero-order valence-electron chi connectivity index (χ0n) is 20.4. The van der Waals surface area contributed by atoms with Crippen LogP contribution in [0.1, 0.15) is 79.6 Å². The first-order valence-electron chi connectivity index (χ1n) is 12.0. The van der Waals surface area contributed by atoms with Gasteiger partial charge < -0.3 is 10.2 Å². The largest absolute Gasteiger partial charge is 0.481 e. The Kier molecular flexibility index (Phi) is 5.25. The molecule has 0 heterocycles. The van der Waals surface area contributed by atoms with Gasteiger partial charge in [-0.15, -0.1) is 0 Å². The fourth-order valence-electron chi connectivity index (χ4n) is 8.08. The van der Waals surface area contributed by atoms with Crippen LogP contribution in [-0.2, 0) is 19.2 Å². The van der Waals surface area contributed by atoms with Crippen LogP contribution in [-0.4, -0.2) is 39.6 Å². The van der Waals surface area contributed by atoms with Gasteiger partial charge in [0, 0.05) is 42.1 Å². The zero-order valence-corrected chi connectivity index (χ0v) is 20.4. The summed E-state index contributed by atoms with van der Waals surface area (Å²) in [6.45, 7) is 13.8. The smallest absolute Gasteiger partial charge is 0.303 e. The van der Waals surface area contributed by atoms with Crippen LogP contribution in [0.4, 0.5) is 0 Å². The van der Waals surface area contributed by atoms with E-state index < -0.39 is 33.7 Å². The maximum absolute atomic E-state index is 13.9. The Bertz CT molecular complexity index is 1020. The van der Waals surface area contributed by atoms with Crippen molar-refractivity contribution in [3.8, 4) is 0 Å². The highest BCUT2D eigenvalue weighted by Crippen LogP contribution is 2.70. The first kappa shape index (κ1) is 24.1. The number of allylic oxidation sites excluding steroid dienone is 2. The molecule has 2 saturated carbocycles. The van der Waals surface area contributed by atoms with Crippen molar-refractivity contribution in [3.63, 3.8) is 0 Å². The topological polar surface area (TPSA) is 109 Å². The molecular formula is C27H36O6. The van der Waals surface area contributed by atoms with Gasteiger partial charge in [-0.25, -0.2) is 0 Å². The number of aliphatic hydroxyl groups is 1. The molecule has 33 heavy (non-hydrogen) atoms. The number of Topliss-reactive ketones (excluding diaryl/α,β-unsaturated/α-hetero) is 3. The average Bonchev–Trinajstić information content (AvgIpc) is 2.92. The van der Waals surface area contributed by atoms with Gasteiger partial charge in [0.15, 0.2) is 5.78 Å². The second-order valence-corrected chi connectivity index (χ2v) is 12.0. The van der Waals surface area contributed by atoms with Crippen LogP contribution in [0.25, 0.3) is 0 Å². The van der Waals surface area contributed by atoms with Gasteiger partial charge in [0.05, 0.1) is 11.5 Å². The Morgan fingerprint density at radius 3 is 2.30 bits per heavy atom. The summed E-state index contributed by atoms with van der Waals surface area (Å²) in [5.74, 6) is -1.31. The van der Waals surface area contributed by atoms with Crippen molar-refractivity contribution in [2.45, 2.75) is 85.7 Å². The summed E-state index contributed by atoms with van der Waals surface area (Å²) < 4.78 is 0. The standard InChI is InChI=1S/C27H36O6/c1-14(7-8-21(32)33)15-11-20(31)27(6)23-16(28)12-18-24(2,3)19(30)9-10-25(18,4)22(23)17(29)13-26(15,27)5/h15-16,18,28H,1,7-13H2,2-6H3,(H,32,33)/t15-,16+,18-,25+,26+,27+/m0/s1. The van der Waals surface area contributed by atoms with Crippen molar-refractivity contribution in [1.29, 1.82) is 0 Å². The molecule has 6 heteroatoms. The predicted molar refractivity (Wildman–Crippen MR) is 122 cm³/mol. The number of hydrogen-bond acceptors (Lipinski definition) is 5. The van der Waals surface area contributed by atoms with Crippen molar-refractivity contribution in [3.05, 3.63) is 23.3 Å². The number of carboxylic acids is 1. The van der Waals surface area contributed by atoms with Gasteiger partial charge in [-0.1, -0.05) is 39.8 Å². The number of rotatable bonds is 4. The molecule has 0 amide bonds. The van der Waals surface area contributed by atoms with E-state index in [-0.39, 0.29) is 54.9 Å². The van der Waals surface area contributed by atoms with E-state index >= 15 is 0 Å². The highest BCUT2D eigenvalue weighted by molar-refractivity contribution is 6.05. The SMILES string of the molecule is C=C(CCC(=O)O)[C@@H]1CC(=O)[C@]2(C)C3=C(C(=O)C[C@]12C)[C@]1(C)CCC(=O)C(C)(C)[C@@H]1C[C@H]3O. The number of aliphatic hydroxyl groups excluding tert-OH is 1. The Morgan fingerprint density at radius 2 is 1.70 bits per heavy atom. The third-order valence-electron chi connectivity index (χ3n) is 10.2. The van der Waals surface area contributed by atoms with Crippen LogP contribution < -0.4 is 0 Å². The number of hydrogen-bond donors (Lipinski definition) is 2. The van der Waals surface area contributed by atoms with Gasteiger partial charge in [-0.05, 0) is 49.0 Å². The molecule has 0 aromatic heterocycles. The first-order valence-corrected chi connectivity index (χ1v) is 12.0. The van der Waals surface area contributed by atoms with Crippen molar-refractivity contribution >= 4 is 23.3 Å². The minimum absolute atomic E-state index is 0.0151. The molecule has 0 aromatic carbocycles. The summed E-state index contributed by atoms with van der Waals surface area (Å²) in [4.78, 5) is 51.4. The molecule has 0 aromatic rings. The predicted octanol–water partition coefficient (Wildman–Crippen LogP) is 4.05. The highest BCUT2D eigenvalue weighted by atomic mass is 16.4. The summed E-state index contributed by atoms with van der Waals surface area (Å²) in [7, 11) is 0. The van der Waals surface area contributed by atoms with Crippen LogP contribution >= 0.6 is 0 Å². The first-order chi connectivity index (χ1) is 15.1. The lowest BCUT2D eigenvalue weighted by Crippen LogP contribution is -2.59. The van der Waals surface area contributed by atoms with Crippen molar-refractivity contribution < 1.29 is 29.4 Å². The molecule has 0 unspecified atom stereocenters. The minimum Gasteiger partial charge on any atom is -0.481 e. The summed E-state index contributed by atoms with van der Waals surface area (Å²) in [6, 6.07) is 0. The second-order valence-electron chi connectivity index (χ2n) is 12.0. The van der Waals surface area contributed by atoms with Crippen molar-refractivity contribution in [2.75, 3.05) is 0 Å². The van der Waals surface area contributed by atoms with E-state index in [1.807, 2.05) is 34.6 Å². The van der Waals surface area contributed by atoms with Crippen LogP contribution in [0.15, 0.2) is 23.3 Å². The Morgan fingerprint density at radius 1 is 1.06 bits per heavy atom. The zero-order chi connectivity index (χ0) is 24.7. The molecule has 2 N–H and O–H groups in total. The summed E-state index contributed by atoms with van der Waals surface area (Å²) in [5.41, 5.74) is -1.17. The van der Waals surface area contributed by atoms with E-state index in [1.165, 1.54) is 0 Å². The molecule has 0 spiro atoms. The third kappa shape index (κ3) is 2.95. The Balaban J connectivity index is 1.86. The Hall–Kier alpha value is -2.08. The van der Waals surface area contributed by atoms with Crippen LogP contribution in [0.5, 0.6) is 0 Å². The van der Waals surface area contributed by atoms with Crippen molar-refractivity contribution in [2.24, 2.45) is 33.5 Å². The number of ketones is 3. The van der Waals surface area contributed by atoms with Gasteiger partial charge in [-0.3, -0.25) is 19.2 Å². The number of carbonyl (C=O) groups is 4. The van der Waals surface area contributed by atoms with E-state index in [0.29, 0.717) is 36.0 Å². The van der Waals surface area contributed by atoms with E-state index in [2.05, 4.69) is 6.58 Å². The van der Waals surface area contributed by atoms with Crippen LogP contribution in [0.2, 0.25) is 0 Å². The highest BCUT2D eigenvalue weighted by Gasteiger charge is 2.70. The molecule has 0 saturated heterocycles. The number of carboxylic acid groups (broad SMARTS) is 1. The maximum atomic E-state index is 13.9. The molecule has 4 aliphatic rings. The quantitative estimate of drug-likeness (QED) is 0.618. The maximum Gasteiger partial charge on any atom is 0.303 e. The number of fused-ring (bicyclic) bond motifs is 4. The molecule has 6 nitrogen and oxygen atoms in total. The van der Waals surface area contributed by atoms with E-state index in [1.54, 1.807) is 0 Å². The normalized spacial score (nSPS) is 42.0. The molecule has 180 valence electrons. The van der Waals surface area contributed by atoms with Crippen LogP contribution in [0, 0.1) is 33.5 Å². The lowest BCUT2D eigenvalue weighted by molar-refractivity contribution is -0.146. The minimum atomic E-state index is -1.02. The average molecular weight is 457 g/mol. The van der Waals surface area contributed by atoms with Gasteiger partial charge in [0.2, 0.25) is 0 Å². The van der Waals surface area contributed by atoms with Gasteiger partial charge in [-0.2, -0.15) is 0 Å². The second kappa shape index (κ2) is 7.21. The fourth-order valence-corrected chi connectivity index (χ4v) is 8.08. The molecule has 4 aliphatic carbocycles. The third-order valence-corrected chi connectivity index (χ3v) is 10.2. The molecule has 4 rings (SSSR count). The van der Waals surface area contributed by atoms with E-state index in [4.69, 9.17) is 5.11 Å². The van der Waals surface area contributed by atoms with Gasteiger partial charge in [0.1, 0.15) is 11.6 Å². The molecular weight excluding hydrogens is 420 g/mol. The lowest BCUT2D eigenvalue weighted by Gasteiger charge is -2.60. The lowest BCUT2D eigenvalue weighted by atomic mass is 9.42. The summed E-state index contributed by atoms with van der Waals surface area (Å²) >= 11 is 0.